The van der Waals surface area contributed by atoms with E-state index in [4.69, 9.17) is 14.0 Å². The first-order valence-corrected chi connectivity index (χ1v) is 5.43. The number of hydrogen-bond acceptors (Lipinski definition) is 5. The summed E-state index contributed by atoms with van der Waals surface area (Å²) in [5, 5.41) is 12.7. The van der Waals surface area contributed by atoms with E-state index < -0.39 is 18.2 Å². The van der Waals surface area contributed by atoms with Gasteiger partial charge in [0.1, 0.15) is 0 Å². The maximum atomic E-state index is 12.4. The molecule has 0 spiro atoms. The topological polar surface area (TPSA) is 72.3 Å². The number of hydrogen-bond donors (Lipinski definition) is 1. The van der Waals surface area contributed by atoms with E-state index in [1.54, 1.807) is 13.0 Å². The maximum Gasteiger partial charge on any atom is 0.415 e. The van der Waals surface area contributed by atoms with Crippen LogP contribution in [-0.4, -0.2) is 27.5 Å². The van der Waals surface area contributed by atoms with Gasteiger partial charge in [-0.3, -0.25) is 0 Å². The zero-order valence-electron chi connectivity index (χ0n) is 10.1. The Kier molecular flexibility index (Phi) is 3.36. The molecule has 2 aromatic rings. The van der Waals surface area contributed by atoms with E-state index in [1.807, 2.05) is 0 Å². The lowest BCUT2D eigenvalue weighted by molar-refractivity contribution is -0.210. The summed E-state index contributed by atoms with van der Waals surface area (Å²) in [5.41, 5.74) is 0.733. The van der Waals surface area contributed by atoms with Gasteiger partial charge in [0, 0.05) is 0 Å². The molecule has 2 unspecified atom stereocenters. The monoisotopic (exact) mass is 276 g/mol. The molecule has 5 nitrogen and oxygen atoms in total. The van der Waals surface area contributed by atoms with E-state index in [9.17, 15) is 13.2 Å². The number of nitrogens with zero attached hydrogens (tertiary/aromatic N) is 2. The number of aromatic nitrogens is 2. The summed E-state index contributed by atoms with van der Waals surface area (Å²) in [5.74, 6) is -1.27. The van der Waals surface area contributed by atoms with Gasteiger partial charge in [0.05, 0.1) is 12.2 Å². The molecule has 0 saturated heterocycles. The molecule has 0 bridgehead atoms. The van der Waals surface area contributed by atoms with Crippen molar-refractivity contribution in [3.8, 4) is 11.6 Å². The molecule has 0 aliphatic carbocycles. The molecule has 19 heavy (non-hydrogen) atoms. The summed E-state index contributed by atoms with van der Waals surface area (Å²) in [6, 6.07) is 1.67. The quantitative estimate of drug-likeness (QED) is 0.933. The van der Waals surface area contributed by atoms with Gasteiger partial charge in [0.25, 0.3) is 0 Å². The van der Waals surface area contributed by atoms with Crippen LogP contribution in [0.5, 0.6) is 0 Å². The molecule has 0 amide bonds. The fourth-order valence-electron chi connectivity index (χ4n) is 1.53. The number of rotatable bonds is 3. The Balaban J connectivity index is 2.25. The van der Waals surface area contributed by atoms with Crippen molar-refractivity contribution in [3.63, 3.8) is 0 Å². The summed E-state index contributed by atoms with van der Waals surface area (Å²) < 4.78 is 47.0. The van der Waals surface area contributed by atoms with E-state index in [2.05, 4.69) is 10.1 Å². The molecule has 104 valence electrons. The third-order valence-electron chi connectivity index (χ3n) is 2.71. The van der Waals surface area contributed by atoms with Crippen molar-refractivity contribution in [3.05, 3.63) is 23.8 Å². The zero-order chi connectivity index (χ0) is 14.2. The first kappa shape index (κ1) is 13.6. The second-order valence-electron chi connectivity index (χ2n) is 4.16. The molecule has 0 saturated carbocycles. The molecule has 1 N–H and O–H groups in total. The molecule has 8 heteroatoms. The highest BCUT2D eigenvalue weighted by atomic mass is 19.4. The van der Waals surface area contributed by atoms with Crippen molar-refractivity contribution in [1.29, 1.82) is 0 Å². The molecular formula is C11H11F3N2O3. The second-order valence-corrected chi connectivity index (χ2v) is 4.16. The van der Waals surface area contributed by atoms with Gasteiger partial charge < -0.3 is 14.0 Å². The van der Waals surface area contributed by atoms with E-state index in [1.165, 1.54) is 6.26 Å². The number of aryl methyl sites for hydroxylation is 1. The van der Waals surface area contributed by atoms with Crippen LogP contribution >= 0.6 is 0 Å². The predicted molar refractivity (Wildman–Crippen MR) is 57.2 cm³/mol. The van der Waals surface area contributed by atoms with Crippen LogP contribution < -0.4 is 0 Å². The smallest absolute Gasteiger partial charge is 0.415 e. The molecule has 2 heterocycles. The minimum atomic E-state index is -4.74. The second kappa shape index (κ2) is 4.69. The molecule has 0 fully saturated rings. The molecule has 2 rings (SSSR count). The van der Waals surface area contributed by atoms with Crippen LogP contribution in [0.15, 0.2) is 21.3 Å². The largest absolute Gasteiger partial charge is 0.461 e. The highest BCUT2D eigenvalue weighted by Gasteiger charge is 2.44. The number of alkyl halides is 3. The number of halogens is 3. The number of furan rings is 1. The summed E-state index contributed by atoms with van der Waals surface area (Å²) in [4.78, 5) is 3.82. The predicted octanol–water partition coefficient (Wildman–Crippen LogP) is 2.66. The van der Waals surface area contributed by atoms with E-state index in [0.717, 1.165) is 12.5 Å². The Labute approximate surface area is 106 Å². The average molecular weight is 276 g/mol. The maximum absolute atomic E-state index is 12.4. The minimum Gasteiger partial charge on any atom is -0.461 e. The van der Waals surface area contributed by atoms with Crippen LogP contribution in [0.3, 0.4) is 0 Å². The van der Waals surface area contributed by atoms with Crippen molar-refractivity contribution in [2.75, 3.05) is 0 Å². The Morgan fingerprint density at radius 2 is 2.05 bits per heavy atom. The van der Waals surface area contributed by atoms with Crippen molar-refractivity contribution in [2.24, 2.45) is 0 Å². The van der Waals surface area contributed by atoms with Crippen LogP contribution in [0.1, 0.15) is 24.3 Å². The van der Waals surface area contributed by atoms with E-state index >= 15 is 0 Å². The molecule has 0 aliphatic heterocycles. The first-order valence-electron chi connectivity index (χ1n) is 5.43. The van der Waals surface area contributed by atoms with Crippen molar-refractivity contribution < 1.29 is 27.2 Å². The van der Waals surface area contributed by atoms with Crippen molar-refractivity contribution >= 4 is 0 Å². The molecule has 0 radical (unpaired) electrons. The molecule has 0 aromatic carbocycles. The zero-order valence-corrected chi connectivity index (χ0v) is 10.1. The van der Waals surface area contributed by atoms with Gasteiger partial charge in [0.2, 0.25) is 11.7 Å². The summed E-state index contributed by atoms with van der Waals surface area (Å²) in [6.45, 7) is 2.90. The van der Waals surface area contributed by atoms with E-state index in [0.29, 0.717) is 5.76 Å². The molecule has 2 atom stereocenters. The molecular weight excluding hydrogens is 265 g/mol. The standard InChI is InChI=1S/C11H11F3N2O3/c1-5-3-4-18-7(5)9-15-10(19-16-9)6(2)8(17)11(12,13)14/h3-4,6,8,17H,1-2H3. The van der Waals surface area contributed by atoms with Gasteiger partial charge in [0.15, 0.2) is 11.9 Å². The highest BCUT2D eigenvalue weighted by molar-refractivity contribution is 5.51. The Morgan fingerprint density at radius 3 is 2.58 bits per heavy atom. The Hall–Kier alpha value is -1.83. The van der Waals surface area contributed by atoms with Crippen LogP contribution in [0.2, 0.25) is 0 Å². The normalized spacial score (nSPS) is 15.5. The van der Waals surface area contributed by atoms with Crippen LogP contribution in [0.25, 0.3) is 11.6 Å². The third kappa shape index (κ3) is 2.62. The Bertz CT molecular complexity index is 562. The van der Waals surface area contributed by atoms with Gasteiger partial charge in [-0.05, 0) is 18.6 Å². The summed E-state index contributed by atoms with van der Waals surface area (Å²) >= 11 is 0. The van der Waals surface area contributed by atoms with Gasteiger partial charge in [-0.25, -0.2) is 0 Å². The average Bonchev–Trinajstić information content (AvgIpc) is 2.93. The molecule has 0 aliphatic rings. The van der Waals surface area contributed by atoms with E-state index in [-0.39, 0.29) is 11.7 Å². The van der Waals surface area contributed by atoms with Crippen LogP contribution in [0, 0.1) is 6.92 Å². The lowest BCUT2D eigenvalue weighted by Gasteiger charge is -2.17. The number of aliphatic hydroxyl groups is 1. The fraction of sp³-hybridized carbons (Fsp3) is 0.455. The summed E-state index contributed by atoms with van der Waals surface area (Å²) in [7, 11) is 0. The highest BCUT2D eigenvalue weighted by Crippen LogP contribution is 2.32. The van der Waals surface area contributed by atoms with Gasteiger partial charge >= 0.3 is 6.18 Å². The third-order valence-corrected chi connectivity index (χ3v) is 2.71. The van der Waals surface area contributed by atoms with Gasteiger partial charge in [-0.15, -0.1) is 0 Å². The molecule has 2 aromatic heterocycles. The SMILES string of the molecule is Cc1ccoc1-c1noc(C(C)C(O)C(F)(F)F)n1. The Morgan fingerprint density at radius 1 is 1.37 bits per heavy atom. The first-order chi connectivity index (χ1) is 8.80. The van der Waals surface area contributed by atoms with Gasteiger partial charge in [-0.2, -0.15) is 18.2 Å². The minimum absolute atomic E-state index is 0.0544. The lowest BCUT2D eigenvalue weighted by Crippen LogP contribution is -2.33. The van der Waals surface area contributed by atoms with Crippen LogP contribution in [0.4, 0.5) is 13.2 Å². The fourth-order valence-corrected chi connectivity index (χ4v) is 1.53. The lowest BCUT2D eigenvalue weighted by atomic mass is 10.0. The van der Waals surface area contributed by atoms with Gasteiger partial charge in [-0.1, -0.05) is 12.1 Å². The summed E-state index contributed by atoms with van der Waals surface area (Å²) in [6.07, 6.45) is -5.89. The van der Waals surface area contributed by atoms with Crippen molar-refractivity contribution in [2.45, 2.75) is 32.0 Å². The van der Waals surface area contributed by atoms with Crippen molar-refractivity contribution in [1.82, 2.24) is 10.1 Å². The van der Waals surface area contributed by atoms with Crippen LogP contribution in [-0.2, 0) is 0 Å². The number of aliphatic hydroxyl groups excluding tert-OH is 1.